The summed E-state index contributed by atoms with van der Waals surface area (Å²) in [6.45, 7) is 16.3. The second-order valence-corrected chi connectivity index (χ2v) is 9.13. The van der Waals surface area contributed by atoms with Gasteiger partial charge in [0.25, 0.3) is 0 Å². The van der Waals surface area contributed by atoms with Crippen molar-refractivity contribution >= 4 is 20.7 Å². The van der Waals surface area contributed by atoms with Crippen LogP contribution in [0.15, 0.2) is 24.3 Å². The van der Waals surface area contributed by atoms with E-state index in [1.165, 1.54) is 0 Å². The molecule has 0 spiro atoms. The molecule has 0 aromatic rings. The van der Waals surface area contributed by atoms with Gasteiger partial charge >= 0.3 is 20.7 Å². The van der Waals surface area contributed by atoms with Crippen molar-refractivity contribution in [3.8, 4) is 0 Å². The predicted molar refractivity (Wildman–Crippen MR) is 110 cm³/mol. The zero-order valence-corrected chi connectivity index (χ0v) is 18.8. The largest absolute Gasteiger partial charge is 0.501 e. The molecule has 0 aliphatic carbocycles. The van der Waals surface area contributed by atoms with Crippen LogP contribution in [0, 0.1) is 0 Å². The molecule has 0 radical (unpaired) electrons. The Labute approximate surface area is 170 Å². The fraction of sp³-hybridized carbons (Fsp3) is 0.700. The Morgan fingerprint density at radius 1 is 0.714 bits per heavy atom. The Morgan fingerprint density at radius 3 is 1.64 bits per heavy atom. The highest BCUT2D eigenvalue weighted by atomic mass is 28.4. The maximum Gasteiger partial charge on any atom is 0.501 e. The lowest BCUT2D eigenvalue weighted by Crippen LogP contribution is -2.46. The van der Waals surface area contributed by atoms with E-state index in [4.69, 9.17) is 22.8 Å². The Morgan fingerprint density at radius 2 is 1.18 bits per heavy atom. The van der Waals surface area contributed by atoms with E-state index in [-0.39, 0.29) is 12.6 Å². The molecule has 0 aromatic heterocycles. The molecule has 0 unspecified atom stereocenters. The fourth-order valence-electron chi connectivity index (χ4n) is 2.25. The van der Waals surface area contributed by atoms with Crippen molar-refractivity contribution in [3.05, 3.63) is 24.3 Å². The van der Waals surface area contributed by atoms with E-state index in [2.05, 4.69) is 13.2 Å². The van der Waals surface area contributed by atoms with Gasteiger partial charge in [-0.1, -0.05) is 13.2 Å². The monoisotopic (exact) mass is 416 g/mol. The standard InChI is InChI=1S/C20H36O7Si/c1-7-25-28(26-8-2,16-12-14-24-20(22)18(5)6)27-15-11-9-10-13-23-19(21)17(3)4/h3,5,7-16H2,1-2,4,6H3. The summed E-state index contributed by atoms with van der Waals surface area (Å²) in [5.74, 6) is -0.754. The van der Waals surface area contributed by atoms with Crippen LogP contribution >= 0.6 is 0 Å². The minimum absolute atomic E-state index is 0.276. The number of carbonyl (C=O) groups excluding carboxylic acids is 2. The zero-order chi connectivity index (χ0) is 21.4. The van der Waals surface area contributed by atoms with Crippen LogP contribution in [-0.4, -0.2) is 53.8 Å². The Hall–Kier alpha value is -1.48. The van der Waals surface area contributed by atoms with Crippen LogP contribution in [0.3, 0.4) is 0 Å². The molecule has 0 saturated carbocycles. The summed E-state index contributed by atoms with van der Waals surface area (Å²) in [5.41, 5.74) is 0.782. The Kier molecular flexibility index (Phi) is 14.6. The van der Waals surface area contributed by atoms with Crippen LogP contribution in [0.5, 0.6) is 0 Å². The second-order valence-electron chi connectivity index (χ2n) is 6.39. The number of carbonyl (C=O) groups is 2. The summed E-state index contributed by atoms with van der Waals surface area (Å²) >= 11 is 0. The first-order chi connectivity index (χ1) is 13.3. The second kappa shape index (κ2) is 15.4. The summed E-state index contributed by atoms with van der Waals surface area (Å²) in [4.78, 5) is 22.8. The molecule has 0 saturated heterocycles. The van der Waals surface area contributed by atoms with Gasteiger partial charge in [-0.25, -0.2) is 9.59 Å². The molecule has 0 N–H and O–H groups in total. The smallest absolute Gasteiger partial charge is 0.462 e. The maximum atomic E-state index is 11.5. The molecule has 162 valence electrons. The normalized spacial score (nSPS) is 11.1. The predicted octanol–water partition coefficient (Wildman–Crippen LogP) is 3.81. The highest BCUT2D eigenvalue weighted by molar-refractivity contribution is 6.60. The molecule has 28 heavy (non-hydrogen) atoms. The van der Waals surface area contributed by atoms with Gasteiger partial charge in [0.15, 0.2) is 0 Å². The lowest BCUT2D eigenvalue weighted by Gasteiger charge is -2.29. The third-order valence-electron chi connectivity index (χ3n) is 3.63. The van der Waals surface area contributed by atoms with Gasteiger partial charge in [-0.2, -0.15) is 0 Å². The molecule has 7 nitrogen and oxygen atoms in total. The van der Waals surface area contributed by atoms with Crippen LogP contribution in [-0.2, 0) is 32.3 Å². The van der Waals surface area contributed by atoms with Gasteiger partial charge in [-0.15, -0.1) is 0 Å². The third kappa shape index (κ3) is 12.1. The molecule has 0 atom stereocenters. The molecule has 0 fully saturated rings. The highest BCUT2D eigenvalue weighted by Gasteiger charge is 2.40. The third-order valence-corrected chi connectivity index (χ3v) is 6.70. The molecule has 0 bridgehead atoms. The van der Waals surface area contributed by atoms with Crippen LogP contribution in [0.1, 0.15) is 53.4 Å². The number of hydrogen-bond acceptors (Lipinski definition) is 7. The van der Waals surface area contributed by atoms with Gasteiger partial charge < -0.3 is 22.8 Å². The summed E-state index contributed by atoms with van der Waals surface area (Å²) in [6, 6.07) is 0.578. The molecule has 0 rings (SSSR count). The molecule has 8 heteroatoms. The summed E-state index contributed by atoms with van der Waals surface area (Å²) in [6.07, 6.45) is 3.03. The zero-order valence-electron chi connectivity index (χ0n) is 17.8. The summed E-state index contributed by atoms with van der Waals surface area (Å²) < 4.78 is 28.0. The van der Waals surface area contributed by atoms with E-state index in [1.807, 2.05) is 13.8 Å². The average Bonchev–Trinajstić information content (AvgIpc) is 2.64. The first kappa shape index (κ1) is 26.5. The molecule has 0 aliphatic rings. The van der Waals surface area contributed by atoms with Crippen molar-refractivity contribution in [2.24, 2.45) is 0 Å². The van der Waals surface area contributed by atoms with E-state index in [9.17, 15) is 9.59 Å². The first-order valence-corrected chi connectivity index (χ1v) is 11.8. The number of esters is 2. The quantitative estimate of drug-likeness (QED) is 0.154. The van der Waals surface area contributed by atoms with Crippen molar-refractivity contribution in [2.45, 2.75) is 59.4 Å². The fourth-order valence-corrected chi connectivity index (χ4v) is 4.85. The molecule has 0 amide bonds. The molecule has 0 heterocycles. The average molecular weight is 417 g/mol. The topological polar surface area (TPSA) is 80.3 Å². The lowest BCUT2D eigenvalue weighted by atomic mass is 10.2. The SMILES string of the molecule is C=C(C)C(=O)OCCCCCO[Si](CCCOC(=O)C(=C)C)(OCC)OCC. The van der Waals surface area contributed by atoms with Gasteiger partial charge in [0.05, 0.1) is 13.2 Å². The van der Waals surface area contributed by atoms with Crippen molar-refractivity contribution in [1.82, 2.24) is 0 Å². The lowest BCUT2D eigenvalue weighted by molar-refractivity contribution is -0.139. The molecular weight excluding hydrogens is 380 g/mol. The number of rotatable bonds is 17. The van der Waals surface area contributed by atoms with E-state index >= 15 is 0 Å². The van der Waals surface area contributed by atoms with Crippen molar-refractivity contribution in [3.63, 3.8) is 0 Å². The van der Waals surface area contributed by atoms with Gasteiger partial charge in [0.1, 0.15) is 0 Å². The van der Waals surface area contributed by atoms with Crippen LogP contribution in [0.4, 0.5) is 0 Å². The van der Waals surface area contributed by atoms with Gasteiger partial charge in [-0.05, 0) is 53.4 Å². The van der Waals surface area contributed by atoms with E-state index in [0.29, 0.717) is 50.0 Å². The van der Waals surface area contributed by atoms with E-state index < -0.39 is 14.8 Å². The van der Waals surface area contributed by atoms with Crippen LogP contribution in [0.2, 0.25) is 6.04 Å². The van der Waals surface area contributed by atoms with Crippen LogP contribution in [0.25, 0.3) is 0 Å². The van der Waals surface area contributed by atoms with E-state index in [0.717, 1.165) is 19.3 Å². The van der Waals surface area contributed by atoms with Gasteiger partial charge in [-0.3, -0.25) is 0 Å². The maximum absolute atomic E-state index is 11.5. The minimum Gasteiger partial charge on any atom is -0.462 e. The van der Waals surface area contributed by atoms with Crippen molar-refractivity contribution < 1.29 is 32.3 Å². The Bertz CT molecular complexity index is 499. The number of unbranched alkanes of at least 4 members (excludes halogenated alkanes) is 2. The number of hydrogen-bond donors (Lipinski definition) is 0. The molecule has 0 aromatic carbocycles. The molecular formula is C20H36O7Si. The summed E-state index contributed by atoms with van der Waals surface area (Å²) in [5, 5.41) is 0. The first-order valence-electron chi connectivity index (χ1n) is 9.85. The van der Waals surface area contributed by atoms with Crippen molar-refractivity contribution in [2.75, 3.05) is 33.0 Å². The molecule has 0 aliphatic heterocycles. The highest BCUT2D eigenvalue weighted by Crippen LogP contribution is 2.19. The van der Waals surface area contributed by atoms with Gasteiger partial charge in [0.2, 0.25) is 0 Å². The number of ether oxygens (including phenoxy) is 2. The van der Waals surface area contributed by atoms with Crippen LogP contribution < -0.4 is 0 Å². The Balaban J connectivity index is 4.28. The minimum atomic E-state index is -2.81. The van der Waals surface area contributed by atoms with E-state index in [1.54, 1.807) is 13.8 Å². The van der Waals surface area contributed by atoms with Gasteiger partial charge in [0, 0.05) is 37.0 Å². The van der Waals surface area contributed by atoms with Crippen molar-refractivity contribution in [1.29, 1.82) is 0 Å². The summed E-state index contributed by atoms with van der Waals surface area (Å²) in [7, 11) is -2.81.